The van der Waals surface area contributed by atoms with Crippen molar-refractivity contribution in [2.75, 3.05) is 36.0 Å². The fourth-order valence-corrected chi connectivity index (χ4v) is 3.04. The highest BCUT2D eigenvalue weighted by atomic mass is 79.9. The Balaban J connectivity index is 1.71. The highest BCUT2D eigenvalue weighted by molar-refractivity contribution is 9.10. The smallest absolute Gasteiger partial charge is 0.225 e. The van der Waals surface area contributed by atoms with E-state index in [-0.39, 0.29) is 0 Å². The van der Waals surface area contributed by atoms with Crippen LogP contribution in [0, 0.1) is 0 Å². The predicted octanol–water partition coefficient (Wildman–Crippen LogP) is 2.02. The lowest BCUT2D eigenvalue weighted by Crippen LogP contribution is -2.47. The third-order valence-electron chi connectivity index (χ3n) is 3.72. The van der Waals surface area contributed by atoms with E-state index in [1.807, 2.05) is 6.07 Å². The van der Waals surface area contributed by atoms with E-state index >= 15 is 0 Å². The van der Waals surface area contributed by atoms with Gasteiger partial charge in [-0.05, 0) is 29.8 Å². The molecule has 0 atom stereocenters. The van der Waals surface area contributed by atoms with Crippen molar-refractivity contribution in [3.63, 3.8) is 0 Å². The van der Waals surface area contributed by atoms with Crippen LogP contribution in [0.25, 0.3) is 0 Å². The van der Waals surface area contributed by atoms with Gasteiger partial charge in [-0.3, -0.25) is 0 Å². The summed E-state index contributed by atoms with van der Waals surface area (Å²) in [7, 11) is 0. The SMILES string of the molecule is NCc1cc(Br)ccc1N1CCN(c2ncccn2)CC1. The maximum atomic E-state index is 5.87. The molecule has 1 saturated heterocycles. The summed E-state index contributed by atoms with van der Waals surface area (Å²) < 4.78 is 1.07. The Bertz CT molecular complexity index is 596. The van der Waals surface area contributed by atoms with Gasteiger partial charge in [0.1, 0.15) is 0 Å². The molecule has 6 heteroatoms. The fraction of sp³-hybridized carbons (Fsp3) is 0.333. The summed E-state index contributed by atoms with van der Waals surface area (Å²) in [4.78, 5) is 13.2. The van der Waals surface area contributed by atoms with Crippen molar-refractivity contribution in [3.8, 4) is 0 Å². The largest absolute Gasteiger partial charge is 0.368 e. The molecular formula is C15H18BrN5. The van der Waals surface area contributed by atoms with Gasteiger partial charge in [0.25, 0.3) is 0 Å². The van der Waals surface area contributed by atoms with Crippen molar-refractivity contribution in [1.82, 2.24) is 9.97 Å². The molecule has 1 aliphatic heterocycles. The molecule has 0 bridgehead atoms. The number of hydrogen-bond donors (Lipinski definition) is 1. The molecule has 110 valence electrons. The van der Waals surface area contributed by atoms with Gasteiger partial charge in [-0.2, -0.15) is 0 Å². The van der Waals surface area contributed by atoms with E-state index in [1.54, 1.807) is 12.4 Å². The Hall–Kier alpha value is -1.66. The summed E-state index contributed by atoms with van der Waals surface area (Å²) >= 11 is 3.50. The van der Waals surface area contributed by atoms with Crippen LogP contribution in [-0.4, -0.2) is 36.1 Å². The average molecular weight is 348 g/mol. The molecule has 21 heavy (non-hydrogen) atoms. The number of halogens is 1. The van der Waals surface area contributed by atoms with E-state index in [9.17, 15) is 0 Å². The molecule has 1 aromatic carbocycles. The number of nitrogens with two attached hydrogens (primary N) is 1. The van der Waals surface area contributed by atoms with E-state index in [1.165, 1.54) is 11.3 Å². The molecular weight excluding hydrogens is 330 g/mol. The summed E-state index contributed by atoms with van der Waals surface area (Å²) in [6.45, 7) is 4.30. The second-order valence-electron chi connectivity index (χ2n) is 5.00. The lowest BCUT2D eigenvalue weighted by atomic mass is 10.1. The van der Waals surface area contributed by atoms with Crippen molar-refractivity contribution < 1.29 is 0 Å². The monoisotopic (exact) mass is 347 g/mol. The third kappa shape index (κ3) is 3.16. The fourth-order valence-electron chi connectivity index (χ4n) is 2.63. The molecule has 2 N–H and O–H groups in total. The summed E-state index contributed by atoms with van der Waals surface area (Å²) in [6, 6.07) is 8.15. The molecule has 1 fully saturated rings. The second-order valence-corrected chi connectivity index (χ2v) is 5.92. The van der Waals surface area contributed by atoms with Crippen molar-refractivity contribution in [2.24, 2.45) is 5.73 Å². The van der Waals surface area contributed by atoms with Crippen LogP contribution in [0.15, 0.2) is 41.1 Å². The minimum Gasteiger partial charge on any atom is -0.368 e. The zero-order chi connectivity index (χ0) is 14.7. The van der Waals surface area contributed by atoms with Crippen molar-refractivity contribution in [3.05, 3.63) is 46.7 Å². The zero-order valence-electron chi connectivity index (χ0n) is 11.7. The first-order valence-corrected chi connectivity index (χ1v) is 7.82. The summed E-state index contributed by atoms with van der Waals surface area (Å²) in [5, 5.41) is 0. The molecule has 3 rings (SSSR count). The molecule has 1 aliphatic rings. The van der Waals surface area contributed by atoms with Gasteiger partial charge in [0.2, 0.25) is 5.95 Å². The van der Waals surface area contributed by atoms with Gasteiger partial charge in [0, 0.05) is 55.3 Å². The Morgan fingerprint density at radius 1 is 1.05 bits per heavy atom. The number of rotatable bonds is 3. The van der Waals surface area contributed by atoms with Crippen LogP contribution < -0.4 is 15.5 Å². The number of hydrogen-bond acceptors (Lipinski definition) is 5. The highest BCUT2D eigenvalue weighted by Gasteiger charge is 2.20. The van der Waals surface area contributed by atoms with Gasteiger partial charge < -0.3 is 15.5 Å². The van der Waals surface area contributed by atoms with Crippen LogP contribution in [0.4, 0.5) is 11.6 Å². The lowest BCUT2D eigenvalue weighted by Gasteiger charge is -2.37. The Labute approximate surface area is 132 Å². The van der Waals surface area contributed by atoms with E-state index in [0.717, 1.165) is 36.6 Å². The number of anilines is 2. The van der Waals surface area contributed by atoms with E-state index in [4.69, 9.17) is 5.73 Å². The van der Waals surface area contributed by atoms with Crippen LogP contribution in [0.3, 0.4) is 0 Å². The summed E-state index contributed by atoms with van der Waals surface area (Å²) in [5.41, 5.74) is 8.27. The number of benzene rings is 1. The van der Waals surface area contributed by atoms with Crippen LogP contribution in [0.5, 0.6) is 0 Å². The van der Waals surface area contributed by atoms with Crippen LogP contribution >= 0.6 is 15.9 Å². The molecule has 1 aromatic heterocycles. The van der Waals surface area contributed by atoms with Crippen LogP contribution in [0.1, 0.15) is 5.56 Å². The standard InChI is InChI=1S/C15H18BrN5/c16-13-2-3-14(12(10-13)11-17)20-6-8-21(9-7-20)15-18-4-1-5-19-15/h1-5,10H,6-9,11,17H2. The average Bonchev–Trinajstić information content (AvgIpc) is 2.56. The van der Waals surface area contributed by atoms with Gasteiger partial charge in [-0.25, -0.2) is 9.97 Å². The first kappa shape index (κ1) is 14.3. The van der Waals surface area contributed by atoms with Gasteiger partial charge in [0.15, 0.2) is 0 Å². The van der Waals surface area contributed by atoms with Crippen LogP contribution in [-0.2, 0) is 6.54 Å². The molecule has 0 aliphatic carbocycles. The highest BCUT2D eigenvalue weighted by Crippen LogP contribution is 2.25. The van der Waals surface area contributed by atoms with E-state index in [0.29, 0.717) is 6.54 Å². The molecule has 0 amide bonds. The zero-order valence-corrected chi connectivity index (χ0v) is 13.3. The molecule has 0 saturated carbocycles. The first-order valence-electron chi connectivity index (χ1n) is 7.03. The van der Waals surface area contributed by atoms with E-state index < -0.39 is 0 Å². The normalized spacial score (nSPS) is 15.3. The van der Waals surface area contributed by atoms with Crippen molar-refractivity contribution in [2.45, 2.75) is 6.54 Å². The maximum Gasteiger partial charge on any atom is 0.225 e. The topological polar surface area (TPSA) is 58.3 Å². The van der Waals surface area contributed by atoms with Crippen LogP contribution in [0.2, 0.25) is 0 Å². The minimum atomic E-state index is 0.552. The van der Waals surface area contributed by atoms with Gasteiger partial charge in [0.05, 0.1) is 0 Å². The molecule has 0 unspecified atom stereocenters. The molecule has 5 nitrogen and oxygen atoms in total. The summed E-state index contributed by atoms with van der Waals surface area (Å²) in [6.07, 6.45) is 3.58. The molecule has 0 radical (unpaired) electrons. The molecule has 2 aromatic rings. The third-order valence-corrected chi connectivity index (χ3v) is 4.21. The molecule has 2 heterocycles. The summed E-state index contributed by atoms with van der Waals surface area (Å²) in [5.74, 6) is 0.812. The van der Waals surface area contributed by atoms with Crippen molar-refractivity contribution in [1.29, 1.82) is 0 Å². The minimum absolute atomic E-state index is 0.552. The van der Waals surface area contributed by atoms with Gasteiger partial charge in [-0.1, -0.05) is 15.9 Å². The Morgan fingerprint density at radius 3 is 2.38 bits per heavy atom. The number of piperazine rings is 1. The van der Waals surface area contributed by atoms with Gasteiger partial charge in [-0.15, -0.1) is 0 Å². The van der Waals surface area contributed by atoms with Gasteiger partial charge >= 0.3 is 0 Å². The lowest BCUT2D eigenvalue weighted by molar-refractivity contribution is 0.638. The number of aromatic nitrogens is 2. The quantitative estimate of drug-likeness (QED) is 0.920. The predicted molar refractivity (Wildman–Crippen MR) is 88.5 cm³/mol. The Kier molecular flexibility index (Phi) is 4.36. The Morgan fingerprint density at radius 2 is 1.71 bits per heavy atom. The first-order chi connectivity index (χ1) is 10.3. The van der Waals surface area contributed by atoms with E-state index in [2.05, 4.69) is 53.9 Å². The van der Waals surface area contributed by atoms with Crippen molar-refractivity contribution >= 4 is 27.6 Å². The number of nitrogens with zero attached hydrogens (tertiary/aromatic N) is 4. The second kappa shape index (κ2) is 6.41. The molecule has 0 spiro atoms. The maximum absolute atomic E-state index is 5.87.